The van der Waals surface area contributed by atoms with E-state index in [1.165, 1.54) is 27.7 Å². The lowest BCUT2D eigenvalue weighted by Crippen LogP contribution is -2.47. The standard InChI is InChI=1S/C96H166N6O26/c1-60-64(5)83(56-121-72(13)103)125-93(68(60)9)117-47-31-23-37-79(107)51-76(35-20-28-43-97-87(110)39-24-32-48-118-94-69(10)61(2)65(6)84(126-94)57-122-73(14)104)91(114)100-46-29-21-36-77(92(115)99-45-27-18-19-42-90(113)102-54-80(108)53-78(102)55-116-17)52-82(109)81(101-89(112)41-26-34-50-120-96-71(12)63(4)67(8)86(128-96)59-124-75(16)106)38-22-30-44-98-88(111)40-25-33-49-119-95-70(11)62(3)66(7)85(127-95)58-123-74(15)105/h60-71,76-78,80-81,83-86,93-96,108H,18-59H2,1-17H3,(H,97,110)(H,98,111)(H,99,115)(H,100,114)(H,101,112)/t60-,61-,62-,63-,64+,65+,66+,67+,68?,69?,70?,71?,76?,77?,78-,80+,81?,83?,84?,85?,86?,93+,94+,95+,96+/m0/s1. The van der Waals surface area contributed by atoms with Gasteiger partial charge in [0.15, 0.2) is 30.9 Å². The van der Waals surface area contributed by atoms with Gasteiger partial charge in [-0.05, 0) is 163 Å². The number of hydrogen-bond donors (Lipinski definition) is 6. The predicted octanol–water partition coefficient (Wildman–Crippen LogP) is 11.3. The molecule has 6 amide bonds. The smallest absolute Gasteiger partial charge is 0.302 e. The van der Waals surface area contributed by atoms with Crippen molar-refractivity contribution in [3.63, 3.8) is 0 Å². The number of rotatable bonds is 63. The molecular formula is C96H166N6O26. The molecule has 0 spiro atoms. The number of nitrogens with one attached hydrogen (secondary N) is 5. The van der Waals surface area contributed by atoms with Crippen LogP contribution in [0.25, 0.3) is 0 Å². The number of carbonyl (C=O) groups excluding carboxylic acids is 12. The van der Waals surface area contributed by atoms with Gasteiger partial charge in [0.25, 0.3) is 0 Å². The van der Waals surface area contributed by atoms with Crippen molar-refractivity contribution >= 4 is 70.9 Å². The number of hydrogen-bond acceptors (Lipinski definition) is 26. The summed E-state index contributed by atoms with van der Waals surface area (Å²) in [5.41, 5.74) is 0. The highest BCUT2D eigenvalue weighted by Crippen LogP contribution is 2.40. The number of carbonyl (C=O) groups is 12. The van der Waals surface area contributed by atoms with Crippen molar-refractivity contribution in [1.29, 1.82) is 0 Å². The van der Waals surface area contributed by atoms with Gasteiger partial charge < -0.3 is 98.2 Å². The van der Waals surface area contributed by atoms with Gasteiger partial charge in [-0.15, -0.1) is 0 Å². The van der Waals surface area contributed by atoms with Crippen molar-refractivity contribution in [2.24, 2.45) is 82.9 Å². The Morgan fingerprint density at radius 2 is 0.688 bits per heavy atom. The Bertz CT molecular complexity index is 3320. The van der Waals surface area contributed by atoms with Crippen LogP contribution in [-0.4, -0.2) is 248 Å². The van der Waals surface area contributed by atoms with Crippen LogP contribution in [0.4, 0.5) is 0 Å². The van der Waals surface area contributed by atoms with Crippen molar-refractivity contribution in [3.05, 3.63) is 0 Å². The predicted molar refractivity (Wildman–Crippen MR) is 479 cm³/mol. The van der Waals surface area contributed by atoms with Crippen LogP contribution in [0.1, 0.15) is 291 Å². The number of Topliss-reactive ketones (excluding diaryl/α,β-unsaturated/α-hetero) is 2. The molecule has 0 radical (unpaired) electrons. The molecule has 0 aliphatic carbocycles. The quantitative estimate of drug-likeness (QED) is 0.0187. The molecule has 0 aromatic heterocycles. The minimum absolute atomic E-state index is 0.00221. The SMILES string of the molecule is COC[C@@H]1C[C@@H](O)CN1C(=O)CCCCCNC(=O)C(CCCCNC(=O)C(CCCCNC(=O)CCCCO[C@@H]1OC(COC(C)=O)[C@H](C)[C@H](C)C1C)CC(=O)CCCCO[C@@H]1OC(COC(C)=O)[C@H](C)[C@H](C)C1C)CC(=O)C(CCCCNC(=O)CCCCO[C@@H]1OC(COC(C)=O)[C@H](C)[C@H](C)C1C)NC(=O)CCCCO[C@@H]1OC(COC(C)=O)[C@H](C)[C@H](C)C1C. The van der Waals surface area contributed by atoms with Gasteiger partial charge in [0.1, 0.15) is 32.2 Å². The number of ketones is 2. The number of β-amino-alcohol motifs (C(OH)–C–C–N with tert-alkyl or cyclic N) is 1. The Balaban J connectivity index is 1.23. The summed E-state index contributed by atoms with van der Waals surface area (Å²) in [7, 11) is 1.56. The molecule has 736 valence electrons. The molecule has 0 aromatic carbocycles. The first-order chi connectivity index (χ1) is 61.0. The number of nitrogens with zero attached hydrogens (tertiary/aromatic N) is 1. The van der Waals surface area contributed by atoms with Crippen LogP contribution >= 0.6 is 0 Å². The van der Waals surface area contributed by atoms with Crippen LogP contribution in [-0.2, 0) is 119 Å². The van der Waals surface area contributed by atoms with Crippen molar-refractivity contribution in [1.82, 2.24) is 31.5 Å². The van der Waals surface area contributed by atoms with E-state index in [2.05, 4.69) is 110 Å². The topological polar surface area (TPSA) is 408 Å². The molecule has 6 N–H and O–H groups in total. The van der Waals surface area contributed by atoms with E-state index in [4.69, 9.17) is 61.6 Å². The lowest BCUT2D eigenvalue weighted by molar-refractivity contribution is -0.255. The average Bonchev–Trinajstić information content (AvgIpc) is 0.874. The van der Waals surface area contributed by atoms with Crippen LogP contribution < -0.4 is 26.6 Å². The zero-order valence-corrected chi connectivity index (χ0v) is 80.7. The van der Waals surface area contributed by atoms with E-state index in [0.717, 1.165) is 0 Å². The van der Waals surface area contributed by atoms with Crippen LogP contribution in [0, 0.1) is 82.9 Å². The van der Waals surface area contributed by atoms with Gasteiger partial charge in [0.2, 0.25) is 35.4 Å². The summed E-state index contributed by atoms with van der Waals surface area (Å²) in [6.45, 7) is 34.3. The fourth-order valence-electron chi connectivity index (χ4n) is 17.8. The van der Waals surface area contributed by atoms with E-state index >= 15 is 0 Å². The highest BCUT2D eigenvalue weighted by Gasteiger charge is 2.45. The van der Waals surface area contributed by atoms with E-state index in [1.807, 2.05) is 0 Å². The van der Waals surface area contributed by atoms with Crippen LogP contribution in [0.15, 0.2) is 0 Å². The summed E-state index contributed by atoms with van der Waals surface area (Å²) in [5.74, 6) is -2.90. The summed E-state index contributed by atoms with van der Waals surface area (Å²) in [6, 6.07) is -1.18. The Morgan fingerprint density at radius 1 is 0.359 bits per heavy atom. The van der Waals surface area contributed by atoms with Crippen molar-refractivity contribution in [2.45, 2.75) is 358 Å². The van der Waals surface area contributed by atoms with E-state index < -0.39 is 55.1 Å². The second-order valence-corrected chi connectivity index (χ2v) is 37.6. The zero-order chi connectivity index (χ0) is 94.4. The summed E-state index contributed by atoms with van der Waals surface area (Å²) in [6.07, 6.45) is 7.31. The molecule has 5 aliphatic rings. The summed E-state index contributed by atoms with van der Waals surface area (Å²) < 4.78 is 76.3. The number of amides is 6. The monoisotopic (exact) mass is 1820 g/mol. The molecule has 0 bridgehead atoms. The van der Waals surface area contributed by atoms with Crippen LogP contribution in [0.5, 0.6) is 0 Å². The number of aliphatic hydroxyl groups is 1. The highest BCUT2D eigenvalue weighted by molar-refractivity contribution is 5.92. The Hall–Kier alpha value is -6.36. The van der Waals surface area contributed by atoms with Crippen molar-refractivity contribution in [3.8, 4) is 0 Å². The maximum atomic E-state index is 14.9. The lowest BCUT2D eigenvalue weighted by Gasteiger charge is -2.43. The van der Waals surface area contributed by atoms with Crippen LogP contribution in [0.2, 0.25) is 0 Å². The molecule has 5 heterocycles. The molecule has 0 saturated carbocycles. The van der Waals surface area contributed by atoms with Crippen molar-refractivity contribution < 1.29 is 124 Å². The molecule has 128 heavy (non-hydrogen) atoms. The number of ether oxygens (including phenoxy) is 13. The molecule has 11 unspecified atom stereocenters. The minimum Gasteiger partial charge on any atom is -0.463 e. The second kappa shape index (κ2) is 61.4. The molecule has 5 saturated heterocycles. The molecule has 32 heteroatoms. The van der Waals surface area contributed by atoms with Crippen LogP contribution in [0.3, 0.4) is 0 Å². The number of likely N-dealkylation sites (tertiary alicyclic amines) is 1. The average molecular weight is 1820 g/mol. The van der Waals surface area contributed by atoms with Gasteiger partial charge in [-0.25, -0.2) is 0 Å². The molecule has 0 aromatic rings. The molecule has 5 aliphatic heterocycles. The van der Waals surface area contributed by atoms with Gasteiger partial charge in [-0.3, -0.25) is 57.5 Å². The molecule has 32 nitrogen and oxygen atoms in total. The summed E-state index contributed by atoms with van der Waals surface area (Å²) in [4.78, 5) is 159. The first-order valence-corrected chi connectivity index (χ1v) is 48.5. The Kier molecular flexibility index (Phi) is 53.8. The normalized spacial score (nSPS) is 28.3. The fraction of sp³-hybridized carbons (Fsp3) is 0.875. The van der Waals surface area contributed by atoms with E-state index in [1.54, 1.807) is 12.0 Å². The Labute approximate surface area is 763 Å². The number of unbranched alkanes of at least 4 members (excludes halogenated alkanes) is 9. The third-order valence-electron chi connectivity index (χ3n) is 27.8. The highest BCUT2D eigenvalue weighted by atomic mass is 16.7. The molecular weight excluding hydrogens is 1650 g/mol. The van der Waals surface area contributed by atoms with Crippen molar-refractivity contribution in [2.75, 3.05) is 99.3 Å². The third-order valence-corrected chi connectivity index (χ3v) is 27.8. The van der Waals surface area contributed by atoms with E-state index in [-0.39, 0.29) is 270 Å². The van der Waals surface area contributed by atoms with Gasteiger partial charge in [-0.2, -0.15) is 0 Å². The third kappa shape index (κ3) is 41.4. The molecule has 5 fully saturated rings. The van der Waals surface area contributed by atoms with Gasteiger partial charge in [0, 0.05) is 174 Å². The minimum atomic E-state index is -0.978. The lowest BCUT2D eigenvalue weighted by atomic mass is 9.79. The van der Waals surface area contributed by atoms with E-state index in [9.17, 15) is 62.6 Å². The fourth-order valence-corrected chi connectivity index (χ4v) is 17.8. The number of esters is 4. The number of methoxy groups -OCH3 is 1. The molecule has 5 rings (SSSR count). The zero-order valence-electron chi connectivity index (χ0n) is 80.7. The maximum Gasteiger partial charge on any atom is 0.302 e. The summed E-state index contributed by atoms with van der Waals surface area (Å²) >= 11 is 0. The van der Waals surface area contributed by atoms with E-state index in [0.29, 0.717) is 168 Å². The first kappa shape index (κ1) is 112. The summed E-state index contributed by atoms with van der Waals surface area (Å²) in [5, 5.41) is 25.5. The Morgan fingerprint density at radius 3 is 1.05 bits per heavy atom. The second-order valence-electron chi connectivity index (χ2n) is 37.6. The van der Waals surface area contributed by atoms with Gasteiger partial charge in [0.05, 0.1) is 49.2 Å². The number of aliphatic hydroxyl groups excluding tert-OH is 1. The molecule has 25 atom stereocenters. The van der Waals surface area contributed by atoms with Gasteiger partial charge in [-0.1, -0.05) is 102 Å². The largest absolute Gasteiger partial charge is 0.463 e. The first-order valence-electron chi connectivity index (χ1n) is 48.5. The van der Waals surface area contributed by atoms with Gasteiger partial charge >= 0.3 is 23.9 Å². The maximum absolute atomic E-state index is 14.9.